The highest BCUT2D eigenvalue weighted by Crippen LogP contribution is 2.37. The number of hydrogen-bond acceptors (Lipinski definition) is 2. The molecule has 1 nitrogen and oxygen atoms in total. The minimum absolute atomic E-state index is 0.169. The fourth-order valence-corrected chi connectivity index (χ4v) is 4.24. The molecular formula is C17H21BrClNS. The van der Waals surface area contributed by atoms with Crippen LogP contribution in [0.15, 0.2) is 22.0 Å². The van der Waals surface area contributed by atoms with Crippen molar-refractivity contribution < 1.29 is 0 Å². The highest BCUT2D eigenvalue weighted by atomic mass is 79.9. The molecule has 0 aliphatic carbocycles. The van der Waals surface area contributed by atoms with Crippen LogP contribution in [0.4, 0.5) is 0 Å². The van der Waals surface area contributed by atoms with Crippen LogP contribution in [0, 0.1) is 20.8 Å². The second-order valence-electron chi connectivity index (χ2n) is 5.44. The van der Waals surface area contributed by atoms with Crippen LogP contribution >= 0.6 is 38.9 Å². The fraction of sp³-hybridized carbons (Fsp3) is 0.412. The van der Waals surface area contributed by atoms with E-state index in [4.69, 9.17) is 11.6 Å². The summed E-state index contributed by atoms with van der Waals surface area (Å²) in [6.45, 7) is 9.52. The van der Waals surface area contributed by atoms with Gasteiger partial charge in [-0.2, -0.15) is 0 Å². The summed E-state index contributed by atoms with van der Waals surface area (Å²) in [7, 11) is 0. The Labute approximate surface area is 144 Å². The quantitative estimate of drug-likeness (QED) is 0.647. The number of rotatable bonds is 5. The summed E-state index contributed by atoms with van der Waals surface area (Å²) in [5.41, 5.74) is 5.01. The molecule has 1 N–H and O–H groups in total. The van der Waals surface area contributed by atoms with Crippen molar-refractivity contribution >= 4 is 38.9 Å². The van der Waals surface area contributed by atoms with E-state index in [-0.39, 0.29) is 6.04 Å². The summed E-state index contributed by atoms with van der Waals surface area (Å²) in [6, 6.07) is 4.63. The molecule has 0 amide bonds. The van der Waals surface area contributed by atoms with Crippen molar-refractivity contribution in [2.45, 2.75) is 40.2 Å². The van der Waals surface area contributed by atoms with Gasteiger partial charge in [-0.1, -0.05) is 40.5 Å². The van der Waals surface area contributed by atoms with Crippen molar-refractivity contribution in [2.75, 3.05) is 6.54 Å². The van der Waals surface area contributed by atoms with Crippen molar-refractivity contribution in [3.8, 4) is 0 Å². The zero-order chi connectivity index (χ0) is 15.6. The van der Waals surface area contributed by atoms with Crippen molar-refractivity contribution in [2.24, 2.45) is 0 Å². The zero-order valence-electron chi connectivity index (χ0n) is 12.9. The van der Waals surface area contributed by atoms with E-state index in [1.807, 2.05) is 0 Å². The molecule has 0 saturated carbocycles. The van der Waals surface area contributed by atoms with Gasteiger partial charge in [0.25, 0.3) is 0 Å². The highest BCUT2D eigenvalue weighted by molar-refractivity contribution is 9.10. The Morgan fingerprint density at radius 3 is 2.48 bits per heavy atom. The summed E-state index contributed by atoms with van der Waals surface area (Å²) in [4.78, 5) is 1.22. The van der Waals surface area contributed by atoms with Gasteiger partial charge in [-0.3, -0.25) is 0 Å². The minimum Gasteiger partial charge on any atom is -0.306 e. The number of halogens is 2. The number of thiophene rings is 1. The van der Waals surface area contributed by atoms with Crippen molar-refractivity contribution in [1.82, 2.24) is 5.32 Å². The van der Waals surface area contributed by atoms with E-state index in [9.17, 15) is 0 Å². The molecule has 2 rings (SSSR count). The second kappa shape index (κ2) is 7.28. The predicted octanol–water partition coefficient (Wildman–Crippen LogP) is 6.18. The van der Waals surface area contributed by atoms with Crippen LogP contribution in [0.25, 0.3) is 0 Å². The summed E-state index contributed by atoms with van der Waals surface area (Å²) in [5, 5.41) is 6.69. The van der Waals surface area contributed by atoms with Gasteiger partial charge >= 0.3 is 0 Å². The van der Waals surface area contributed by atoms with Crippen LogP contribution in [-0.2, 0) is 0 Å². The van der Waals surface area contributed by atoms with E-state index in [1.165, 1.54) is 21.6 Å². The number of benzene rings is 1. The van der Waals surface area contributed by atoms with Crippen LogP contribution in [0.2, 0.25) is 5.02 Å². The maximum absolute atomic E-state index is 6.52. The molecule has 114 valence electrons. The smallest absolute Gasteiger partial charge is 0.0688 e. The van der Waals surface area contributed by atoms with Crippen molar-refractivity contribution in [3.05, 3.63) is 54.1 Å². The molecule has 0 aliphatic rings. The topological polar surface area (TPSA) is 12.0 Å². The standard InChI is InChI=1S/C17H21BrClNS/c1-5-6-20-16(17-15(19)12(4)9-21-17)13-7-11(3)14(18)8-10(13)2/h7-9,16,20H,5-6H2,1-4H3. The lowest BCUT2D eigenvalue weighted by atomic mass is 9.97. The molecule has 0 aliphatic heterocycles. The van der Waals surface area contributed by atoms with Gasteiger partial charge in [-0.15, -0.1) is 11.3 Å². The first-order chi connectivity index (χ1) is 9.95. The first kappa shape index (κ1) is 17.0. The van der Waals surface area contributed by atoms with Gasteiger partial charge in [-0.05, 0) is 67.4 Å². The number of aryl methyl sites for hydroxylation is 3. The normalized spacial score (nSPS) is 12.7. The molecular weight excluding hydrogens is 366 g/mol. The highest BCUT2D eigenvalue weighted by Gasteiger charge is 2.21. The summed E-state index contributed by atoms with van der Waals surface area (Å²) >= 11 is 11.9. The number of hydrogen-bond donors (Lipinski definition) is 1. The molecule has 0 bridgehead atoms. The van der Waals surface area contributed by atoms with E-state index in [0.717, 1.165) is 28.0 Å². The maximum Gasteiger partial charge on any atom is 0.0688 e. The molecule has 2 aromatic rings. The second-order valence-corrected chi connectivity index (χ2v) is 7.59. The van der Waals surface area contributed by atoms with E-state index >= 15 is 0 Å². The average Bonchev–Trinajstić information content (AvgIpc) is 2.77. The molecule has 0 saturated heterocycles. The van der Waals surface area contributed by atoms with Crippen molar-refractivity contribution in [3.63, 3.8) is 0 Å². The lowest BCUT2D eigenvalue weighted by Crippen LogP contribution is -2.23. The third kappa shape index (κ3) is 3.70. The van der Waals surface area contributed by atoms with Crippen LogP contribution in [0.1, 0.15) is 46.5 Å². The summed E-state index contributed by atoms with van der Waals surface area (Å²) in [6.07, 6.45) is 1.10. The summed E-state index contributed by atoms with van der Waals surface area (Å²) < 4.78 is 1.16. The lowest BCUT2D eigenvalue weighted by Gasteiger charge is -2.21. The molecule has 1 atom stereocenters. The lowest BCUT2D eigenvalue weighted by molar-refractivity contribution is 0.603. The molecule has 21 heavy (non-hydrogen) atoms. The average molecular weight is 387 g/mol. The predicted molar refractivity (Wildman–Crippen MR) is 97.8 cm³/mol. The zero-order valence-corrected chi connectivity index (χ0v) is 16.0. The van der Waals surface area contributed by atoms with E-state index < -0.39 is 0 Å². The Morgan fingerprint density at radius 2 is 1.90 bits per heavy atom. The minimum atomic E-state index is 0.169. The molecule has 0 fully saturated rings. The van der Waals surface area contributed by atoms with Crippen LogP contribution < -0.4 is 5.32 Å². The van der Waals surface area contributed by atoms with Gasteiger partial charge in [0.05, 0.1) is 11.1 Å². The third-order valence-electron chi connectivity index (χ3n) is 3.64. The molecule has 1 aromatic heterocycles. The first-order valence-electron chi connectivity index (χ1n) is 7.19. The van der Waals surface area contributed by atoms with Crippen molar-refractivity contribution in [1.29, 1.82) is 0 Å². The monoisotopic (exact) mass is 385 g/mol. The summed E-state index contributed by atoms with van der Waals surface area (Å²) in [5.74, 6) is 0. The van der Waals surface area contributed by atoms with Gasteiger partial charge in [0, 0.05) is 9.35 Å². The van der Waals surface area contributed by atoms with Gasteiger partial charge < -0.3 is 5.32 Å². The molecule has 0 spiro atoms. The van der Waals surface area contributed by atoms with Gasteiger partial charge in [-0.25, -0.2) is 0 Å². The van der Waals surface area contributed by atoms with Crippen LogP contribution in [0.5, 0.6) is 0 Å². The van der Waals surface area contributed by atoms with Gasteiger partial charge in [0.1, 0.15) is 0 Å². The number of nitrogens with one attached hydrogen (secondary N) is 1. The van der Waals surface area contributed by atoms with Crippen LogP contribution in [-0.4, -0.2) is 6.54 Å². The third-order valence-corrected chi connectivity index (χ3v) is 6.28. The Bertz CT molecular complexity index is 636. The molecule has 1 unspecified atom stereocenters. The van der Waals surface area contributed by atoms with Crippen LogP contribution in [0.3, 0.4) is 0 Å². The molecule has 0 radical (unpaired) electrons. The Balaban J connectivity index is 2.50. The van der Waals surface area contributed by atoms with Gasteiger partial charge in [0.15, 0.2) is 0 Å². The maximum atomic E-state index is 6.52. The first-order valence-corrected chi connectivity index (χ1v) is 9.24. The largest absolute Gasteiger partial charge is 0.306 e. The Morgan fingerprint density at radius 1 is 1.19 bits per heavy atom. The van der Waals surface area contributed by atoms with E-state index in [0.29, 0.717) is 0 Å². The SMILES string of the molecule is CCCNC(c1cc(C)c(Br)cc1C)c1scc(C)c1Cl. The molecule has 4 heteroatoms. The Kier molecular flexibility index (Phi) is 5.89. The molecule has 1 heterocycles. The van der Waals surface area contributed by atoms with E-state index in [2.05, 4.69) is 66.5 Å². The van der Waals surface area contributed by atoms with Gasteiger partial charge in [0.2, 0.25) is 0 Å². The molecule has 1 aromatic carbocycles. The fourth-order valence-electron chi connectivity index (χ4n) is 2.39. The van der Waals surface area contributed by atoms with E-state index in [1.54, 1.807) is 11.3 Å². The Hall–Kier alpha value is -0.350.